The van der Waals surface area contributed by atoms with Crippen molar-refractivity contribution in [1.82, 2.24) is 4.90 Å². The van der Waals surface area contributed by atoms with E-state index in [1.54, 1.807) is 37.6 Å². The summed E-state index contributed by atoms with van der Waals surface area (Å²) in [5, 5.41) is 0. The number of Topliss-reactive ketones (excluding diaryl/α,β-unsaturated/α-hetero) is 1. The molecule has 6 heteroatoms. The first-order chi connectivity index (χ1) is 13.7. The first kappa shape index (κ1) is 18.4. The summed E-state index contributed by atoms with van der Waals surface area (Å²) in [6.45, 7) is 4.25. The quantitative estimate of drug-likeness (QED) is 0.744. The van der Waals surface area contributed by atoms with Crippen molar-refractivity contribution in [1.29, 1.82) is 0 Å². The zero-order chi connectivity index (χ0) is 19.3. The SMILES string of the molecule is COc1ccccc1N1CCN(CC(=O)c2ccc3c(c2)OC=CCO3)CC1. The summed E-state index contributed by atoms with van der Waals surface area (Å²) >= 11 is 0. The van der Waals surface area contributed by atoms with Gasteiger partial charge in [-0.3, -0.25) is 9.69 Å². The van der Waals surface area contributed by atoms with Crippen molar-refractivity contribution in [2.75, 3.05) is 51.3 Å². The lowest BCUT2D eigenvalue weighted by atomic mass is 10.1. The second-order valence-electron chi connectivity index (χ2n) is 6.82. The first-order valence-electron chi connectivity index (χ1n) is 9.46. The Bertz CT molecular complexity index is 873. The Hall–Kier alpha value is -2.99. The zero-order valence-corrected chi connectivity index (χ0v) is 16.0. The Labute approximate surface area is 164 Å². The Kier molecular flexibility index (Phi) is 5.48. The van der Waals surface area contributed by atoms with Crippen molar-refractivity contribution in [3.63, 3.8) is 0 Å². The molecule has 6 nitrogen and oxygen atoms in total. The molecule has 0 bridgehead atoms. The van der Waals surface area contributed by atoms with Crippen LogP contribution in [0.4, 0.5) is 5.69 Å². The minimum atomic E-state index is 0.0883. The van der Waals surface area contributed by atoms with E-state index in [2.05, 4.69) is 15.9 Å². The molecule has 0 aliphatic carbocycles. The van der Waals surface area contributed by atoms with Crippen molar-refractivity contribution in [2.24, 2.45) is 0 Å². The Morgan fingerprint density at radius 3 is 2.71 bits per heavy atom. The number of ketones is 1. The van der Waals surface area contributed by atoms with E-state index in [1.165, 1.54) is 0 Å². The molecule has 2 aliphatic rings. The summed E-state index contributed by atoms with van der Waals surface area (Å²) in [6, 6.07) is 13.4. The number of benzene rings is 2. The first-order valence-corrected chi connectivity index (χ1v) is 9.46. The van der Waals surface area contributed by atoms with E-state index in [1.807, 2.05) is 18.2 Å². The van der Waals surface area contributed by atoms with Gasteiger partial charge in [-0.25, -0.2) is 0 Å². The molecule has 0 saturated carbocycles. The van der Waals surface area contributed by atoms with Gasteiger partial charge in [0.15, 0.2) is 17.3 Å². The lowest BCUT2D eigenvalue weighted by Crippen LogP contribution is -2.48. The predicted molar refractivity (Wildman–Crippen MR) is 108 cm³/mol. The number of piperazine rings is 1. The fourth-order valence-corrected chi connectivity index (χ4v) is 3.52. The maximum atomic E-state index is 12.7. The van der Waals surface area contributed by atoms with Crippen molar-refractivity contribution in [3.8, 4) is 17.2 Å². The number of fused-ring (bicyclic) bond motifs is 1. The van der Waals surface area contributed by atoms with Gasteiger partial charge in [0, 0.05) is 31.7 Å². The van der Waals surface area contributed by atoms with Gasteiger partial charge in [0.25, 0.3) is 0 Å². The maximum Gasteiger partial charge on any atom is 0.176 e. The van der Waals surface area contributed by atoms with Crippen LogP contribution in [0.25, 0.3) is 0 Å². The second kappa shape index (κ2) is 8.35. The van der Waals surface area contributed by atoms with E-state index in [-0.39, 0.29) is 5.78 Å². The summed E-state index contributed by atoms with van der Waals surface area (Å²) in [5.41, 5.74) is 1.75. The molecule has 28 heavy (non-hydrogen) atoms. The number of rotatable bonds is 5. The number of ether oxygens (including phenoxy) is 3. The van der Waals surface area contributed by atoms with E-state index < -0.39 is 0 Å². The van der Waals surface area contributed by atoms with Crippen LogP contribution in [0.5, 0.6) is 17.2 Å². The molecule has 2 aliphatic heterocycles. The molecule has 0 amide bonds. The van der Waals surface area contributed by atoms with Crippen molar-refractivity contribution >= 4 is 11.5 Å². The molecule has 0 aromatic heterocycles. The van der Waals surface area contributed by atoms with Crippen molar-refractivity contribution in [2.45, 2.75) is 0 Å². The average Bonchev–Trinajstić information content (AvgIpc) is 2.99. The molecule has 146 valence electrons. The van der Waals surface area contributed by atoms with Crippen LogP contribution in [-0.4, -0.2) is 57.1 Å². The second-order valence-corrected chi connectivity index (χ2v) is 6.82. The molecule has 0 unspecified atom stereocenters. The normalized spacial score (nSPS) is 16.5. The Balaban J connectivity index is 1.36. The Morgan fingerprint density at radius 1 is 1.07 bits per heavy atom. The Morgan fingerprint density at radius 2 is 1.89 bits per heavy atom. The zero-order valence-electron chi connectivity index (χ0n) is 16.0. The number of hydrogen-bond acceptors (Lipinski definition) is 6. The molecule has 0 radical (unpaired) electrons. The van der Waals surface area contributed by atoms with E-state index in [9.17, 15) is 4.79 Å². The molecule has 2 aromatic rings. The number of methoxy groups -OCH3 is 1. The third kappa shape index (κ3) is 3.97. The maximum absolute atomic E-state index is 12.7. The van der Waals surface area contributed by atoms with Gasteiger partial charge < -0.3 is 19.1 Å². The topological polar surface area (TPSA) is 51.2 Å². The third-order valence-electron chi connectivity index (χ3n) is 5.06. The van der Waals surface area contributed by atoms with Crippen LogP contribution in [-0.2, 0) is 0 Å². The van der Waals surface area contributed by atoms with Crippen molar-refractivity contribution in [3.05, 3.63) is 60.4 Å². The highest BCUT2D eigenvalue weighted by atomic mass is 16.5. The number of hydrogen-bond donors (Lipinski definition) is 0. The van der Waals surface area contributed by atoms with Crippen LogP contribution >= 0.6 is 0 Å². The van der Waals surface area contributed by atoms with Gasteiger partial charge in [-0.05, 0) is 36.4 Å². The summed E-state index contributed by atoms with van der Waals surface area (Å²) in [7, 11) is 1.69. The average molecular weight is 380 g/mol. The summed E-state index contributed by atoms with van der Waals surface area (Å²) in [6.07, 6.45) is 3.39. The summed E-state index contributed by atoms with van der Waals surface area (Å²) in [4.78, 5) is 17.2. The predicted octanol–water partition coefficient (Wildman–Crippen LogP) is 2.99. The molecule has 0 spiro atoms. The summed E-state index contributed by atoms with van der Waals surface area (Å²) < 4.78 is 16.5. The number of nitrogens with zero attached hydrogens (tertiary/aromatic N) is 2. The van der Waals surface area contributed by atoms with Crippen LogP contribution in [0.3, 0.4) is 0 Å². The van der Waals surface area contributed by atoms with E-state index >= 15 is 0 Å². The van der Waals surface area contributed by atoms with Gasteiger partial charge in [-0.15, -0.1) is 0 Å². The van der Waals surface area contributed by atoms with E-state index in [4.69, 9.17) is 14.2 Å². The standard InChI is InChI=1S/C22H24N2O4/c1-26-20-6-3-2-5-18(20)24-11-9-23(10-12-24)16-19(25)17-7-8-21-22(15-17)28-14-4-13-27-21/h2-8,14-15H,9-13,16H2,1H3. The van der Waals surface area contributed by atoms with Gasteiger partial charge in [0.05, 0.1) is 25.6 Å². The highest BCUT2D eigenvalue weighted by molar-refractivity contribution is 5.98. The molecule has 1 saturated heterocycles. The minimum Gasteiger partial charge on any atom is -0.495 e. The molecule has 4 rings (SSSR count). The van der Waals surface area contributed by atoms with E-state index in [0.29, 0.717) is 30.2 Å². The highest BCUT2D eigenvalue weighted by Gasteiger charge is 2.22. The summed E-state index contributed by atoms with van der Waals surface area (Å²) in [5.74, 6) is 2.21. The van der Waals surface area contributed by atoms with Gasteiger partial charge in [-0.1, -0.05) is 12.1 Å². The fraction of sp³-hybridized carbons (Fsp3) is 0.318. The molecule has 1 fully saturated rings. The van der Waals surface area contributed by atoms with Crippen LogP contribution in [0, 0.1) is 0 Å². The fourth-order valence-electron chi connectivity index (χ4n) is 3.52. The number of anilines is 1. The number of carbonyl (C=O) groups is 1. The third-order valence-corrected chi connectivity index (χ3v) is 5.06. The van der Waals surface area contributed by atoms with E-state index in [0.717, 1.165) is 37.6 Å². The minimum absolute atomic E-state index is 0.0883. The monoisotopic (exact) mass is 380 g/mol. The molecule has 2 heterocycles. The lowest BCUT2D eigenvalue weighted by Gasteiger charge is -2.36. The largest absolute Gasteiger partial charge is 0.495 e. The van der Waals surface area contributed by atoms with Crippen LogP contribution in [0.15, 0.2) is 54.8 Å². The molecule has 0 atom stereocenters. The van der Waals surface area contributed by atoms with Gasteiger partial charge >= 0.3 is 0 Å². The lowest BCUT2D eigenvalue weighted by molar-refractivity contribution is 0.0926. The number of para-hydroxylation sites is 2. The molecule has 2 aromatic carbocycles. The van der Waals surface area contributed by atoms with Gasteiger partial charge in [0.2, 0.25) is 0 Å². The highest BCUT2D eigenvalue weighted by Crippen LogP contribution is 2.31. The molecule has 0 N–H and O–H groups in total. The molecular formula is C22H24N2O4. The molecular weight excluding hydrogens is 356 g/mol. The number of carbonyl (C=O) groups excluding carboxylic acids is 1. The van der Waals surface area contributed by atoms with Gasteiger partial charge in [0.1, 0.15) is 12.4 Å². The van der Waals surface area contributed by atoms with Crippen molar-refractivity contribution < 1.29 is 19.0 Å². The van der Waals surface area contributed by atoms with Crippen LogP contribution in [0.1, 0.15) is 10.4 Å². The van der Waals surface area contributed by atoms with Crippen LogP contribution in [0.2, 0.25) is 0 Å². The van der Waals surface area contributed by atoms with Crippen LogP contribution < -0.4 is 19.1 Å². The smallest absolute Gasteiger partial charge is 0.176 e. The van der Waals surface area contributed by atoms with Gasteiger partial charge in [-0.2, -0.15) is 0 Å².